The molecule has 0 spiro atoms. The van der Waals surface area contributed by atoms with Crippen molar-refractivity contribution in [2.24, 2.45) is 0 Å². The van der Waals surface area contributed by atoms with Crippen LogP contribution in [0.3, 0.4) is 0 Å². The Bertz CT molecular complexity index is 1270. The smallest absolute Gasteiger partial charge is 0.318 e. The Kier molecular flexibility index (Phi) is 5.82. The fourth-order valence-electron chi connectivity index (χ4n) is 3.94. The summed E-state index contributed by atoms with van der Waals surface area (Å²) >= 11 is 0. The second-order valence-corrected chi connectivity index (χ2v) is 8.00. The first kappa shape index (κ1) is 21.2. The molecule has 5 rings (SSSR count). The van der Waals surface area contributed by atoms with Crippen molar-refractivity contribution in [1.82, 2.24) is 29.9 Å². The molecule has 1 aliphatic rings. The second kappa shape index (κ2) is 9.07. The number of aromatic nitrogens is 5. The number of halogens is 2. The third-order valence-electron chi connectivity index (χ3n) is 5.63. The van der Waals surface area contributed by atoms with Crippen molar-refractivity contribution in [3.05, 3.63) is 66.1 Å². The summed E-state index contributed by atoms with van der Waals surface area (Å²) in [6.45, 7) is 3.19. The van der Waals surface area contributed by atoms with Gasteiger partial charge in [-0.05, 0) is 38.4 Å². The summed E-state index contributed by atoms with van der Waals surface area (Å²) in [5, 5.41) is 10.9. The molecule has 0 radical (unpaired) electrons. The van der Waals surface area contributed by atoms with Crippen LogP contribution in [0.1, 0.15) is 31.4 Å². The number of fused-ring (bicyclic) bond motifs is 1. The van der Waals surface area contributed by atoms with E-state index in [4.69, 9.17) is 4.74 Å². The highest BCUT2D eigenvalue weighted by Crippen LogP contribution is 2.28. The van der Waals surface area contributed by atoms with Gasteiger partial charge in [0.1, 0.15) is 24.1 Å². The van der Waals surface area contributed by atoms with Crippen LogP contribution in [0.2, 0.25) is 0 Å². The summed E-state index contributed by atoms with van der Waals surface area (Å²) in [5.41, 5.74) is 2.25. The zero-order chi connectivity index (χ0) is 22.8. The van der Waals surface area contributed by atoms with E-state index >= 15 is 0 Å². The number of ether oxygens (including phenoxy) is 1. The van der Waals surface area contributed by atoms with Crippen LogP contribution in [0.5, 0.6) is 6.01 Å². The standard InChI is InChI=1S/C23H23F2N7O/c1-14(17-6-5-15(24)10-19(17)25)29-21-11-20(18-12-28-32-9-3-8-27-22(18)32)30-23(31-21)33-13-16-4-2-7-26-16/h3,5-6,8-12,14,16,26H,2,4,7,13H2,1H3,(H,29,30,31)/t14-,16?/m0/s1. The molecule has 1 fully saturated rings. The maximum Gasteiger partial charge on any atom is 0.318 e. The van der Waals surface area contributed by atoms with Crippen LogP contribution >= 0.6 is 0 Å². The number of anilines is 1. The molecule has 3 aromatic heterocycles. The number of rotatable bonds is 7. The average Bonchev–Trinajstić information content (AvgIpc) is 3.47. The molecule has 0 saturated carbocycles. The Balaban J connectivity index is 1.47. The summed E-state index contributed by atoms with van der Waals surface area (Å²) in [6.07, 6.45) is 7.30. The molecular formula is C23H23F2N7O. The fraction of sp³-hybridized carbons (Fsp3) is 0.304. The zero-order valence-corrected chi connectivity index (χ0v) is 18.0. The van der Waals surface area contributed by atoms with Crippen molar-refractivity contribution in [2.75, 3.05) is 18.5 Å². The molecule has 33 heavy (non-hydrogen) atoms. The largest absolute Gasteiger partial charge is 0.462 e. The Morgan fingerprint density at radius 3 is 3.00 bits per heavy atom. The first-order valence-electron chi connectivity index (χ1n) is 10.8. The summed E-state index contributed by atoms with van der Waals surface area (Å²) in [6, 6.07) is 7.03. The van der Waals surface area contributed by atoms with E-state index in [0.717, 1.165) is 25.5 Å². The third kappa shape index (κ3) is 4.61. The number of nitrogens with one attached hydrogen (secondary N) is 2. The highest BCUT2D eigenvalue weighted by atomic mass is 19.1. The lowest BCUT2D eigenvalue weighted by Crippen LogP contribution is -2.28. The second-order valence-electron chi connectivity index (χ2n) is 8.00. The van der Waals surface area contributed by atoms with Gasteiger partial charge in [0.25, 0.3) is 0 Å². The van der Waals surface area contributed by atoms with E-state index in [1.807, 2.05) is 0 Å². The van der Waals surface area contributed by atoms with Crippen LogP contribution in [0, 0.1) is 11.6 Å². The fourth-order valence-corrected chi connectivity index (χ4v) is 3.94. The highest BCUT2D eigenvalue weighted by Gasteiger charge is 2.19. The van der Waals surface area contributed by atoms with E-state index in [1.165, 1.54) is 12.1 Å². The molecule has 8 nitrogen and oxygen atoms in total. The minimum absolute atomic E-state index is 0.200. The molecule has 1 aromatic carbocycles. The van der Waals surface area contributed by atoms with Gasteiger partial charge in [0.2, 0.25) is 0 Å². The maximum atomic E-state index is 14.3. The molecule has 1 saturated heterocycles. The Labute approximate surface area is 189 Å². The summed E-state index contributed by atoms with van der Waals surface area (Å²) in [7, 11) is 0. The topological polar surface area (TPSA) is 89.3 Å². The molecule has 170 valence electrons. The van der Waals surface area contributed by atoms with E-state index in [0.29, 0.717) is 34.9 Å². The molecule has 4 heterocycles. The van der Waals surface area contributed by atoms with Crippen LogP contribution < -0.4 is 15.4 Å². The molecule has 1 unspecified atom stereocenters. The molecule has 4 aromatic rings. The van der Waals surface area contributed by atoms with Gasteiger partial charge in [0.05, 0.1) is 23.5 Å². The van der Waals surface area contributed by atoms with Crippen LogP contribution in [0.4, 0.5) is 14.6 Å². The SMILES string of the molecule is C[C@H](Nc1cc(-c2cnn3cccnc23)nc(OCC2CCCN2)n1)c1ccc(F)cc1F. The van der Waals surface area contributed by atoms with Gasteiger partial charge < -0.3 is 15.4 Å². The van der Waals surface area contributed by atoms with Crippen molar-refractivity contribution in [3.8, 4) is 17.3 Å². The molecular weight excluding hydrogens is 428 g/mol. The van der Waals surface area contributed by atoms with Crippen LogP contribution in [0.25, 0.3) is 16.9 Å². The van der Waals surface area contributed by atoms with Gasteiger partial charge in [-0.3, -0.25) is 0 Å². The van der Waals surface area contributed by atoms with E-state index in [9.17, 15) is 8.78 Å². The summed E-state index contributed by atoms with van der Waals surface area (Å²) in [5.74, 6) is -0.801. The Morgan fingerprint density at radius 2 is 2.18 bits per heavy atom. The molecule has 2 atom stereocenters. The van der Waals surface area contributed by atoms with E-state index in [1.54, 1.807) is 42.2 Å². The number of nitrogens with zero attached hydrogens (tertiary/aromatic N) is 5. The quantitative estimate of drug-likeness (QED) is 0.442. The van der Waals surface area contributed by atoms with Crippen molar-refractivity contribution in [1.29, 1.82) is 0 Å². The lowest BCUT2D eigenvalue weighted by Gasteiger charge is -2.17. The summed E-state index contributed by atoms with van der Waals surface area (Å²) < 4.78 is 35.2. The molecule has 2 N–H and O–H groups in total. The van der Waals surface area contributed by atoms with Gasteiger partial charge in [-0.1, -0.05) is 6.07 Å². The Morgan fingerprint density at radius 1 is 1.27 bits per heavy atom. The maximum absolute atomic E-state index is 14.3. The molecule has 0 amide bonds. The van der Waals surface area contributed by atoms with Crippen molar-refractivity contribution < 1.29 is 13.5 Å². The van der Waals surface area contributed by atoms with Crippen LogP contribution in [0.15, 0.2) is 48.9 Å². The molecule has 1 aliphatic heterocycles. The average molecular weight is 451 g/mol. The minimum Gasteiger partial charge on any atom is -0.462 e. The lowest BCUT2D eigenvalue weighted by atomic mass is 10.1. The first-order valence-corrected chi connectivity index (χ1v) is 10.8. The predicted molar refractivity (Wildman–Crippen MR) is 119 cm³/mol. The van der Waals surface area contributed by atoms with E-state index < -0.39 is 17.7 Å². The van der Waals surface area contributed by atoms with Gasteiger partial charge in [0.15, 0.2) is 5.65 Å². The molecule has 0 bridgehead atoms. The molecule has 0 aliphatic carbocycles. The van der Waals surface area contributed by atoms with Gasteiger partial charge in [0, 0.05) is 36.1 Å². The molecule has 10 heteroatoms. The highest BCUT2D eigenvalue weighted by molar-refractivity contribution is 5.75. The van der Waals surface area contributed by atoms with Crippen LogP contribution in [-0.2, 0) is 0 Å². The van der Waals surface area contributed by atoms with Gasteiger partial charge in [-0.2, -0.15) is 15.1 Å². The number of benzene rings is 1. The van der Waals surface area contributed by atoms with Crippen molar-refractivity contribution in [2.45, 2.75) is 31.8 Å². The van der Waals surface area contributed by atoms with Crippen molar-refractivity contribution >= 4 is 11.5 Å². The van der Waals surface area contributed by atoms with Gasteiger partial charge in [-0.15, -0.1) is 0 Å². The Hall–Kier alpha value is -3.66. The first-order chi connectivity index (χ1) is 16.1. The number of hydrogen-bond donors (Lipinski definition) is 2. The number of hydrogen-bond acceptors (Lipinski definition) is 7. The zero-order valence-electron chi connectivity index (χ0n) is 18.0. The van der Waals surface area contributed by atoms with Gasteiger partial charge in [-0.25, -0.2) is 18.3 Å². The van der Waals surface area contributed by atoms with E-state index in [-0.39, 0.29) is 12.1 Å². The predicted octanol–water partition coefficient (Wildman–Crippen LogP) is 3.77. The monoisotopic (exact) mass is 451 g/mol. The third-order valence-corrected chi connectivity index (χ3v) is 5.63. The summed E-state index contributed by atoms with van der Waals surface area (Å²) in [4.78, 5) is 13.5. The van der Waals surface area contributed by atoms with Crippen LogP contribution in [-0.4, -0.2) is 43.8 Å². The van der Waals surface area contributed by atoms with E-state index in [2.05, 4.69) is 30.7 Å². The van der Waals surface area contributed by atoms with Crippen molar-refractivity contribution in [3.63, 3.8) is 0 Å². The minimum atomic E-state index is -0.625. The lowest BCUT2D eigenvalue weighted by molar-refractivity contribution is 0.257. The van der Waals surface area contributed by atoms with Gasteiger partial charge >= 0.3 is 6.01 Å². The normalized spacial score (nSPS) is 16.8.